The molecule has 2 aliphatic rings. The van der Waals surface area contributed by atoms with Crippen molar-refractivity contribution in [1.29, 1.82) is 0 Å². The van der Waals surface area contributed by atoms with Gasteiger partial charge in [0.25, 0.3) is 5.91 Å². The number of pyridine rings is 1. The molecule has 0 spiro atoms. The summed E-state index contributed by atoms with van der Waals surface area (Å²) in [5.74, 6) is 0.975. The van der Waals surface area contributed by atoms with Gasteiger partial charge >= 0.3 is 0 Å². The minimum atomic E-state index is -0.0434. The van der Waals surface area contributed by atoms with Crippen LogP contribution in [0.15, 0.2) is 18.3 Å². The van der Waals surface area contributed by atoms with Crippen molar-refractivity contribution in [3.05, 3.63) is 24.0 Å². The molecule has 1 aliphatic carbocycles. The van der Waals surface area contributed by atoms with Crippen molar-refractivity contribution in [3.8, 4) is 5.75 Å². The van der Waals surface area contributed by atoms with Crippen molar-refractivity contribution >= 4 is 5.91 Å². The summed E-state index contributed by atoms with van der Waals surface area (Å²) in [4.78, 5) is 19.0. The third-order valence-electron chi connectivity index (χ3n) is 5.31. The molecule has 2 heterocycles. The van der Waals surface area contributed by atoms with Crippen LogP contribution in [0.3, 0.4) is 0 Å². The van der Waals surface area contributed by atoms with E-state index in [-0.39, 0.29) is 16.7 Å². The molecular formula is C17H24N2O3. The molecule has 0 aromatic carbocycles. The van der Waals surface area contributed by atoms with Gasteiger partial charge in [-0.1, -0.05) is 13.8 Å². The third kappa shape index (κ3) is 2.19. The highest BCUT2D eigenvalue weighted by Gasteiger charge is 2.63. The quantitative estimate of drug-likeness (QED) is 0.856. The molecule has 5 nitrogen and oxygen atoms in total. The monoisotopic (exact) mass is 304 g/mol. The Balaban J connectivity index is 1.84. The maximum atomic E-state index is 12.8. The molecule has 0 N–H and O–H groups in total. The smallest absolute Gasteiger partial charge is 0.276 e. The van der Waals surface area contributed by atoms with E-state index in [2.05, 4.69) is 18.8 Å². The predicted octanol–water partition coefficient (Wildman–Crippen LogP) is 2.22. The lowest BCUT2D eigenvalue weighted by atomic mass is 9.48. The lowest BCUT2D eigenvalue weighted by Crippen LogP contribution is -2.55. The maximum Gasteiger partial charge on any atom is 0.276 e. The second-order valence-electron chi connectivity index (χ2n) is 7.25. The molecule has 2 fully saturated rings. The van der Waals surface area contributed by atoms with Crippen LogP contribution >= 0.6 is 0 Å². The van der Waals surface area contributed by atoms with E-state index in [1.165, 1.54) is 0 Å². The summed E-state index contributed by atoms with van der Waals surface area (Å²) < 4.78 is 10.7. The lowest BCUT2D eigenvalue weighted by molar-refractivity contribution is -0.107. The summed E-state index contributed by atoms with van der Waals surface area (Å²) in [6, 6.07) is 3.55. The Labute approximate surface area is 131 Å². The Morgan fingerprint density at radius 2 is 2.23 bits per heavy atom. The highest BCUT2D eigenvalue weighted by Crippen LogP contribution is 2.62. The van der Waals surface area contributed by atoms with Crippen LogP contribution in [0.25, 0.3) is 0 Å². The van der Waals surface area contributed by atoms with Gasteiger partial charge in [0.15, 0.2) is 5.69 Å². The van der Waals surface area contributed by atoms with Gasteiger partial charge in [-0.15, -0.1) is 0 Å². The van der Waals surface area contributed by atoms with E-state index >= 15 is 0 Å². The highest BCUT2D eigenvalue weighted by molar-refractivity contribution is 5.95. The molecule has 2 atom stereocenters. The number of nitrogens with zero attached hydrogens (tertiary/aromatic N) is 2. The van der Waals surface area contributed by atoms with E-state index in [1.807, 2.05) is 4.90 Å². The Kier molecular flexibility index (Phi) is 3.63. The molecule has 1 aromatic heterocycles. The predicted molar refractivity (Wildman–Crippen MR) is 82.9 cm³/mol. The van der Waals surface area contributed by atoms with Gasteiger partial charge < -0.3 is 14.4 Å². The number of rotatable bonds is 4. The summed E-state index contributed by atoms with van der Waals surface area (Å²) >= 11 is 0. The summed E-state index contributed by atoms with van der Waals surface area (Å²) in [7, 11) is 3.31. The molecule has 1 saturated heterocycles. The second-order valence-corrected chi connectivity index (χ2v) is 7.25. The number of likely N-dealkylation sites (tertiary alicyclic amines) is 1. The molecule has 3 rings (SSSR count). The van der Waals surface area contributed by atoms with Gasteiger partial charge in [0.2, 0.25) is 0 Å². The number of carbonyl (C=O) groups is 1. The van der Waals surface area contributed by atoms with Crippen LogP contribution in [0.4, 0.5) is 0 Å². The molecule has 1 saturated carbocycles. The van der Waals surface area contributed by atoms with Crippen molar-refractivity contribution in [2.45, 2.75) is 20.3 Å². The van der Waals surface area contributed by atoms with Crippen LogP contribution in [0.1, 0.15) is 30.8 Å². The number of fused-ring (bicyclic) bond motifs is 1. The number of carbonyl (C=O) groups excluding carboxylic acids is 1. The summed E-state index contributed by atoms with van der Waals surface area (Å²) in [6.45, 7) is 6.79. The third-order valence-corrected chi connectivity index (χ3v) is 5.31. The van der Waals surface area contributed by atoms with Gasteiger partial charge in [-0.3, -0.25) is 4.79 Å². The molecule has 120 valence electrons. The zero-order chi connectivity index (χ0) is 16.0. The molecule has 22 heavy (non-hydrogen) atoms. The lowest BCUT2D eigenvalue weighted by Gasteiger charge is -2.56. The first-order chi connectivity index (χ1) is 10.4. The van der Waals surface area contributed by atoms with Crippen molar-refractivity contribution in [2.24, 2.45) is 16.7 Å². The first kappa shape index (κ1) is 15.3. The molecule has 0 unspecified atom stereocenters. The largest absolute Gasteiger partial charge is 0.494 e. The number of hydrogen-bond donors (Lipinski definition) is 0. The first-order valence-corrected chi connectivity index (χ1v) is 7.71. The Morgan fingerprint density at radius 1 is 1.45 bits per heavy atom. The fourth-order valence-corrected chi connectivity index (χ4v) is 4.63. The summed E-state index contributed by atoms with van der Waals surface area (Å²) in [5, 5.41) is 0. The number of aromatic nitrogens is 1. The zero-order valence-electron chi connectivity index (χ0n) is 13.8. The minimum absolute atomic E-state index is 0.0434. The molecule has 1 aromatic rings. The van der Waals surface area contributed by atoms with Gasteiger partial charge in [-0.2, -0.15) is 0 Å². The fraction of sp³-hybridized carbons (Fsp3) is 0.647. The van der Waals surface area contributed by atoms with Crippen LogP contribution in [-0.4, -0.2) is 49.7 Å². The minimum Gasteiger partial charge on any atom is -0.494 e. The second kappa shape index (κ2) is 5.23. The maximum absolute atomic E-state index is 12.8. The van der Waals surface area contributed by atoms with Crippen LogP contribution in [0.5, 0.6) is 5.75 Å². The van der Waals surface area contributed by atoms with E-state index in [1.54, 1.807) is 32.5 Å². The van der Waals surface area contributed by atoms with Gasteiger partial charge in [0.1, 0.15) is 5.75 Å². The fourth-order valence-electron chi connectivity index (χ4n) is 4.63. The standard InChI is InChI=1S/C17H24N2O3/c1-16(2)9-17(11-21-3)10-19(8-13(16)17)15(20)14-12(22-4)6-5-7-18-14/h5-7,13H,8-11H2,1-4H3/t13-,17-/m1/s1. The summed E-state index contributed by atoms with van der Waals surface area (Å²) in [5.41, 5.74) is 0.772. The zero-order valence-corrected chi connectivity index (χ0v) is 13.8. The average Bonchev–Trinajstić information content (AvgIpc) is 2.81. The number of ether oxygens (including phenoxy) is 2. The van der Waals surface area contributed by atoms with Crippen molar-refractivity contribution in [1.82, 2.24) is 9.88 Å². The molecule has 5 heteroatoms. The molecule has 1 amide bonds. The van der Waals surface area contributed by atoms with Crippen LogP contribution in [0.2, 0.25) is 0 Å². The van der Waals surface area contributed by atoms with Crippen LogP contribution in [0, 0.1) is 16.7 Å². The molecule has 0 bridgehead atoms. The molecular weight excluding hydrogens is 280 g/mol. The van der Waals surface area contributed by atoms with E-state index in [4.69, 9.17) is 9.47 Å². The van der Waals surface area contributed by atoms with E-state index in [9.17, 15) is 4.79 Å². The van der Waals surface area contributed by atoms with Crippen molar-refractivity contribution < 1.29 is 14.3 Å². The highest BCUT2D eigenvalue weighted by atomic mass is 16.5. The normalized spacial score (nSPS) is 28.9. The van der Waals surface area contributed by atoms with Crippen LogP contribution < -0.4 is 4.74 Å². The van der Waals surface area contributed by atoms with Gasteiger partial charge in [0.05, 0.1) is 13.7 Å². The van der Waals surface area contributed by atoms with Crippen molar-refractivity contribution in [3.63, 3.8) is 0 Å². The van der Waals surface area contributed by atoms with Crippen LogP contribution in [-0.2, 0) is 4.74 Å². The molecule has 0 radical (unpaired) electrons. The topological polar surface area (TPSA) is 51.7 Å². The van der Waals surface area contributed by atoms with E-state index in [0.29, 0.717) is 24.0 Å². The van der Waals surface area contributed by atoms with E-state index in [0.717, 1.165) is 19.5 Å². The van der Waals surface area contributed by atoms with Gasteiger partial charge in [-0.25, -0.2) is 4.98 Å². The Bertz CT molecular complexity index is 587. The van der Waals surface area contributed by atoms with Gasteiger partial charge in [-0.05, 0) is 29.9 Å². The SMILES string of the molecule is COC[C@@]12CN(C(=O)c3ncccc3OC)C[C@@H]1C(C)(C)C2. The first-order valence-electron chi connectivity index (χ1n) is 7.71. The van der Waals surface area contributed by atoms with Crippen molar-refractivity contribution in [2.75, 3.05) is 33.9 Å². The Hall–Kier alpha value is -1.62. The average molecular weight is 304 g/mol. The number of amides is 1. The van der Waals surface area contributed by atoms with Gasteiger partial charge in [0, 0.05) is 31.8 Å². The number of hydrogen-bond acceptors (Lipinski definition) is 4. The Morgan fingerprint density at radius 3 is 2.86 bits per heavy atom. The summed E-state index contributed by atoms with van der Waals surface area (Å²) in [6.07, 6.45) is 2.73. The van der Waals surface area contributed by atoms with E-state index < -0.39 is 0 Å². The molecule has 1 aliphatic heterocycles. The number of methoxy groups -OCH3 is 2.